The Labute approximate surface area is 129 Å². The lowest BCUT2D eigenvalue weighted by molar-refractivity contribution is -0.117. The van der Waals surface area contributed by atoms with Crippen molar-refractivity contribution < 1.29 is 14.3 Å². The predicted octanol–water partition coefficient (Wildman–Crippen LogP) is 2.80. The van der Waals surface area contributed by atoms with Gasteiger partial charge >= 0.3 is 0 Å². The fraction of sp³-hybridized carbons (Fsp3) is 0.133. The molecule has 1 amide bonds. The van der Waals surface area contributed by atoms with Gasteiger partial charge in [0, 0.05) is 4.47 Å². The van der Waals surface area contributed by atoms with Crippen molar-refractivity contribution in [3.8, 4) is 5.75 Å². The molecule has 0 heterocycles. The smallest absolute Gasteiger partial charge is 0.241 e. The van der Waals surface area contributed by atoms with E-state index < -0.39 is 17.8 Å². The number of carbonyl (C=O) groups excluding carboxylic acids is 1. The number of amides is 1. The lowest BCUT2D eigenvalue weighted by atomic mass is 10.1. The van der Waals surface area contributed by atoms with E-state index in [2.05, 4.69) is 21.2 Å². The number of anilines is 1. The zero-order valence-electron chi connectivity index (χ0n) is 11.0. The van der Waals surface area contributed by atoms with E-state index in [9.17, 15) is 14.3 Å². The molecular weight excluding hydrogens is 339 g/mol. The molecule has 2 rings (SSSR count). The van der Waals surface area contributed by atoms with Crippen molar-refractivity contribution in [3.05, 3.63) is 58.3 Å². The highest BCUT2D eigenvalue weighted by Gasteiger charge is 2.16. The second kappa shape index (κ2) is 6.69. The topological polar surface area (TPSA) is 75.3 Å². The number of phenols is 1. The molecule has 4 N–H and O–H groups in total. The monoisotopic (exact) mass is 352 g/mol. The highest BCUT2D eigenvalue weighted by molar-refractivity contribution is 9.10. The number of hydrogen-bond acceptors (Lipinski definition) is 3. The lowest BCUT2D eigenvalue weighted by Gasteiger charge is -2.13. The van der Waals surface area contributed by atoms with Crippen LogP contribution in [0.4, 0.5) is 10.1 Å². The quantitative estimate of drug-likeness (QED) is 0.791. The van der Waals surface area contributed by atoms with Gasteiger partial charge in [0.1, 0.15) is 11.6 Å². The Morgan fingerprint density at radius 3 is 2.62 bits per heavy atom. The fourth-order valence-electron chi connectivity index (χ4n) is 1.80. The van der Waals surface area contributed by atoms with Crippen LogP contribution in [0.5, 0.6) is 5.75 Å². The van der Waals surface area contributed by atoms with Crippen LogP contribution in [0.1, 0.15) is 5.56 Å². The van der Waals surface area contributed by atoms with Gasteiger partial charge in [-0.1, -0.05) is 28.1 Å². The second-order valence-electron chi connectivity index (χ2n) is 4.59. The van der Waals surface area contributed by atoms with E-state index in [1.165, 1.54) is 24.3 Å². The van der Waals surface area contributed by atoms with Gasteiger partial charge in [0.2, 0.25) is 5.91 Å². The van der Waals surface area contributed by atoms with Gasteiger partial charge in [-0.15, -0.1) is 0 Å². The zero-order valence-corrected chi connectivity index (χ0v) is 12.6. The van der Waals surface area contributed by atoms with Crippen molar-refractivity contribution in [1.82, 2.24) is 0 Å². The fourth-order valence-corrected chi connectivity index (χ4v) is 2.16. The molecule has 0 aliphatic carbocycles. The maximum atomic E-state index is 13.6. The summed E-state index contributed by atoms with van der Waals surface area (Å²) in [7, 11) is 0. The minimum Gasteiger partial charge on any atom is -0.508 e. The van der Waals surface area contributed by atoms with E-state index in [1.54, 1.807) is 18.2 Å². The Morgan fingerprint density at radius 2 is 1.95 bits per heavy atom. The summed E-state index contributed by atoms with van der Waals surface area (Å²) in [6.45, 7) is 0. The van der Waals surface area contributed by atoms with Crippen molar-refractivity contribution in [2.45, 2.75) is 12.5 Å². The molecular formula is C15H14BrFN2O2. The van der Waals surface area contributed by atoms with Crippen molar-refractivity contribution >= 4 is 27.5 Å². The largest absolute Gasteiger partial charge is 0.508 e. The minimum atomic E-state index is -0.812. The molecule has 2 aromatic carbocycles. The Bertz CT molecular complexity index is 647. The summed E-state index contributed by atoms with van der Waals surface area (Å²) in [6, 6.07) is 9.87. The summed E-state index contributed by atoms with van der Waals surface area (Å²) in [5.41, 5.74) is 6.70. The van der Waals surface area contributed by atoms with Crippen LogP contribution < -0.4 is 11.1 Å². The average molecular weight is 353 g/mol. The van der Waals surface area contributed by atoms with E-state index in [4.69, 9.17) is 5.73 Å². The molecule has 0 radical (unpaired) electrons. The number of aromatic hydroxyl groups is 1. The molecule has 110 valence electrons. The van der Waals surface area contributed by atoms with Crippen LogP contribution in [0.2, 0.25) is 0 Å². The van der Waals surface area contributed by atoms with Crippen LogP contribution in [-0.2, 0) is 11.2 Å². The van der Waals surface area contributed by atoms with Crippen LogP contribution in [0.3, 0.4) is 0 Å². The highest BCUT2D eigenvalue weighted by atomic mass is 79.9. The van der Waals surface area contributed by atoms with Gasteiger partial charge in [0.05, 0.1) is 11.7 Å². The molecule has 0 aliphatic heterocycles. The van der Waals surface area contributed by atoms with Crippen LogP contribution in [0, 0.1) is 5.82 Å². The van der Waals surface area contributed by atoms with Crippen molar-refractivity contribution in [3.63, 3.8) is 0 Å². The van der Waals surface area contributed by atoms with Crippen molar-refractivity contribution in [2.75, 3.05) is 5.32 Å². The molecule has 0 fully saturated rings. The summed E-state index contributed by atoms with van der Waals surface area (Å²) in [5, 5.41) is 11.7. The first kappa shape index (κ1) is 15.5. The summed E-state index contributed by atoms with van der Waals surface area (Å²) in [5.74, 6) is -0.851. The molecule has 21 heavy (non-hydrogen) atoms. The number of benzene rings is 2. The van der Waals surface area contributed by atoms with Gasteiger partial charge < -0.3 is 16.2 Å². The third kappa shape index (κ3) is 4.27. The van der Waals surface area contributed by atoms with Gasteiger partial charge in [0.15, 0.2) is 0 Å². The Morgan fingerprint density at radius 1 is 1.29 bits per heavy atom. The molecule has 0 saturated carbocycles. The molecule has 1 atom stereocenters. The van der Waals surface area contributed by atoms with E-state index >= 15 is 0 Å². The van der Waals surface area contributed by atoms with Crippen LogP contribution in [0.15, 0.2) is 46.9 Å². The molecule has 0 aliphatic rings. The third-order valence-corrected chi connectivity index (χ3v) is 3.41. The number of halogens is 2. The molecule has 2 aromatic rings. The van der Waals surface area contributed by atoms with E-state index in [0.717, 1.165) is 5.56 Å². The summed E-state index contributed by atoms with van der Waals surface area (Å²) < 4.78 is 14.2. The highest BCUT2D eigenvalue weighted by Crippen LogP contribution is 2.20. The maximum Gasteiger partial charge on any atom is 0.241 e. The molecule has 1 unspecified atom stereocenters. The van der Waals surface area contributed by atoms with Crippen molar-refractivity contribution in [2.24, 2.45) is 5.73 Å². The van der Waals surface area contributed by atoms with Crippen LogP contribution in [-0.4, -0.2) is 17.1 Å². The van der Waals surface area contributed by atoms with E-state index in [1.807, 2.05) is 0 Å². The van der Waals surface area contributed by atoms with Gasteiger partial charge in [-0.25, -0.2) is 4.39 Å². The first-order valence-corrected chi connectivity index (χ1v) is 7.04. The Kier molecular flexibility index (Phi) is 4.93. The molecule has 0 spiro atoms. The lowest BCUT2D eigenvalue weighted by Crippen LogP contribution is -2.37. The molecule has 0 bridgehead atoms. The first-order valence-electron chi connectivity index (χ1n) is 6.25. The molecule has 0 saturated heterocycles. The predicted molar refractivity (Wildman–Crippen MR) is 82.5 cm³/mol. The standard InChI is InChI=1S/C15H14BrFN2O2/c16-10-3-6-12(17)14(8-10)19-15(21)13(18)7-9-1-4-11(20)5-2-9/h1-6,8,13,20H,7,18H2,(H,19,21). The number of nitrogens with one attached hydrogen (secondary N) is 1. The zero-order chi connectivity index (χ0) is 15.4. The second-order valence-corrected chi connectivity index (χ2v) is 5.51. The average Bonchev–Trinajstić information content (AvgIpc) is 2.45. The Balaban J connectivity index is 2.02. The summed E-state index contributed by atoms with van der Waals surface area (Å²) in [6.07, 6.45) is 0.293. The van der Waals surface area contributed by atoms with Gasteiger partial charge in [0.25, 0.3) is 0 Å². The van der Waals surface area contributed by atoms with Gasteiger partial charge in [-0.2, -0.15) is 0 Å². The SMILES string of the molecule is NC(Cc1ccc(O)cc1)C(=O)Nc1cc(Br)ccc1F. The maximum absolute atomic E-state index is 13.6. The first-order chi connectivity index (χ1) is 9.95. The summed E-state index contributed by atoms with van der Waals surface area (Å²) >= 11 is 3.21. The number of phenolic OH excluding ortho intramolecular Hbond substituents is 1. The van der Waals surface area contributed by atoms with E-state index in [0.29, 0.717) is 10.9 Å². The molecule has 4 nitrogen and oxygen atoms in total. The van der Waals surface area contributed by atoms with E-state index in [-0.39, 0.29) is 11.4 Å². The minimum absolute atomic E-state index is 0.0792. The normalized spacial score (nSPS) is 12.0. The van der Waals surface area contributed by atoms with Crippen LogP contribution >= 0.6 is 15.9 Å². The third-order valence-electron chi connectivity index (χ3n) is 2.92. The molecule has 0 aromatic heterocycles. The summed E-state index contributed by atoms with van der Waals surface area (Å²) in [4.78, 5) is 12.0. The molecule has 6 heteroatoms. The van der Waals surface area contributed by atoms with Gasteiger partial charge in [-0.3, -0.25) is 4.79 Å². The van der Waals surface area contributed by atoms with Crippen molar-refractivity contribution in [1.29, 1.82) is 0 Å². The van der Waals surface area contributed by atoms with Gasteiger partial charge in [-0.05, 0) is 42.3 Å². The number of carbonyl (C=O) groups is 1. The Hall–Kier alpha value is -1.92. The number of rotatable bonds is 4. The number of nitrogens with two attached hydrogens (primary N) is 1. The number of hydrogen-bond donors (Lipinski definition) is 3. The van der Waals surface area contributed by atoms with Crippen LogP contribution in [0.25, 0.3) is 0 Å².